The van der Waals surface area contributed by atoms with Gasteiger partial charge in [-0.15, -0.1) is 0 Å². The third kappa shape index (κ3) is 5.46. The Hall–Kier alpha value is -0.780. The molecule has 0 heterocycles. The SMILES string of the molecule is CC(C)(CNCC(F)(F)F)C(N)=O. The first kappa shape index (κ1) is 12.2. The van der Waals surface area contributed by atoms with E-state index in [-0.39, 0.29) is 6.54 Å². The fourth-order valence-corrected chi connectivity index (χ4v) is 0.604. The summed E-state index contributed by atoms with van der Waals surface area (Å²) in [5.74, 6) is -0.623. The molecule has 0 unspecified atom stereocenters. The van der Waals surface area contributed by atoms with Gasteiger partial charge in [-0.1, -0.05) is 0 Å². The smallest absolute Gasteiger partial charge is 0.369 e. The molecule has 0 atom stereocenters. The maximum absolute atomic E-state index is 11.7. The predicted molar refractivity (Wildman–Crippen MR) is 41.9 cm³/mol. The van der Waals surface area contributed by atoms with Gasteiger partial charge in [0.1, 0.15) is 0 Å². The van der Waals surface area contributed by atoms with E-state index in [2.05, 4.69) is 5.32 Å². The fourth-order valence-electron chi connectivity index (χ4n) is 0.604. The molecular weight excluding hydrogens is 185 g/mol. The van der Waals surface area contributed by atoms with Gasteiger partial charge in [-0.05, 0) is 13.8 Å². The van der Waals surface area contributed by atoms with Crippen molar-refractivity contribution in [2.75, 3.05) is 13.1 Å². The first-order chi connectivity index (χ1) is 5.65. The van der Waals surface area contributed by atoms with Crippen LogP contribution in [-0.2, 0) is 4.79 Å². The topological polar surface area (TPSA) is 55.1 Å². The van der Waals surface area contributed by atoms with E-state index in [1.54, 1.807) is 0 Å². The van der Waals surface area contributed by atoms with E-state index in [0.717, 1.165) is 0 Å². The van der Waals surface area contributed by atoms with Crippen molar-refractivity contribution in [1.82, 2.24) is 5.32 Å². The zero-order valence-electron chi connectivity index (χ0n) is 7.53. The van der Waals surface area contributed by atoms with Gasteiger partial charge in [0.25, 0.3) is 0 Å². The number of primary amides is 1. The van der Waals surface area contributed by atoms with Crippen molar-refractivity contribution < 1.29 is 18.0 Å². The molecule has 13 heavy (non-hydrogen) atoms. The molecule has 0 saturated carbocycles. The molecule has 0 aliphatic heterocycles. The molecule has 0 aromatic carbocycles. The highest BCUT2D eigenvalue weighted by Gasteiger charge is 2.30. The van der Waals surface area contributed by atoms with Gasteiger partial charge in [-0.2, -0.15) is 13.2 Å². The first-order valence-corrected chi connectivity index (χ1v) is 3.72. The Morgan fingerprint density at radius 2 is 1.77 bits per heavy atom. The van der Waals surface area contributed by atoms with Gasteiger partial charge in [0.15, 0.2) is 0 Å². The molecule has 0 aromatic heterocycles. The second-order valence-electron chi connectivity index (χ2n) is 3.47. The van der Waals surface area contributed by atoms with Crippen molar-refractivity contribution in [3.05, 3.63) is 0 Å². The van der Waals surface area contributed by atoms with E-state index in [9.17, 15) is 18.0 Å². The Labute approximate surface area is 74.5 Å². The van der Waals surface area contributed by atoms with Gasteiger partial charge in [0, 0.05) is 6.54 Å². The Morgan fingerprint density at radius 3 is 2.08 bits per heavy atom. The lowest BCUT2D eigenvalue weighted by Gasteiger charge is -2.21. The molecule has 1 amide bonds. The maximum atomic E-state index is 11.7. The number of amides is 1. The lowest BCUT2D eigenvalue weighted by molar-refractivity contribution is -0.131. The number of carbonyl (C=O) groups is 1. The quantitative estimate of drug-likeness (QED) is 0.696. The van der Waals surface area contributed by atoms with Crippen LogP contribution in [0.1, 0.15) is 13.8 Å². The zero-order valence-corrected chi connectivity index (χ0v) is 7.53. The van der Waals surface area contributed by atoms with Crippen molar-refractivity contribution in [1.29, 1.82) is 0 Å². The van der Waals surface area contributed by atoms with Crippen LogP contribution in [0.25, 0.3) is 0 Å². The summed E-state index contributed by atoms with van der Waals surface area (Å²) in [6.07, 6.45) is -4.26. The molecule has 78 valence electrons. The highest BCUT2D eigenvalue weighted by Crippen LogP contribution is 2.15. The summed E-state index contributed by atoms with van der Waals surface area (Å²) in [5, 5.41) is 2.12. The summed E-state index contributed by atoms with van der Waals surface area (Å²) in [5.41, 5.74) is 4.01. The highest BCUT2D eigenvalue weighted by molar-refractivity contribution is 5.80. The molecule has 0 saturated heterocycles. The Kier molecular flexibility index (Phi) is 3.71. The average molecular weight is 198 g/mol. The normalized spacial score (nSPS) is 13.0. The third-order valence-corrected chi connectivity index (χ3v) is 1.56. The van der Waals surface area contributed by atoms with Gasteiger partial charge in [0.05, 0.1) is 12.0 Å². The molecule has 0 rings (SSSR count). The molecule has 3 nitrogen and oxygen atoms in total. The van der Waals surface area contributed by atoms with Gasteiger partial charge < -0.3 is 11.1 Å². The number of halogens is 3. The number of nitrogens with two attached hydrogens (primary N) is 1. The van der Waals surface area contributed by atoms with Crippen molar-refractivity contribution in [2.24, 2.45) is 11.1 Å². The van der Waals surface area contributed by atoms with Crippen LogP contribution in [0, 0.1) is 5.41 Å². The number of hydrogen-bond donors (Lipinski definition) is 2. The summed E-state index contributed by atoms with van der Waals surface area (Å²) in [6.45, 7) is 1.78. The van der Waals surface area contributed by atoms with E-state index in [1.165, 1.54) is 13.8 Å². The summed E-state index contributed by atoms with van der Waals surface area (Å²) in [7, 11) is 0. The molecular formula is C7H13F3N2O. The maximum Gasteiger partial charge on any atom is 0.401 e. The number of nitrogens with one attached hydrogen (secondary N) is 1. The molecule has 0 aliphatic carbocycles. The van der Waals surface area contributed by atoms with Gasteiger partial charge >= 0.3 is 6.18 Å². The summed E-state index contributed by atoms with van der Waals surface area (Å²) in [6, 6.07) is 0. The minimum atomic E-state index is -4.26. The Bertz CT molecular complexity index is 189. The Morgan fingerprint density at radius 1 is 1.31 bits per heavy atom. The molecule has 0 spiro atoms. The third-order valence-electron chi connectivity index (χ3n) is 1.56. The van der Waals surface area contributed by atoms with Gasteiger partial charge in [0.2, 0.25) is 5.91 Å². The minimum Gasteiger partial charge on any atom is -0.369 e. The van der Waals surface area contributed by atoms with E-state index in [4.69, 9.17) is 5.73 Å². The van der Waals surface area contributed by atoms with E-state index >= 15 is 0 Å². The number of hydrogen-bond acceptors (Lipinski definition) is 2. The van der Waals surface area contributed by atoms with Crippen LogP contribution in [0.2, 0.25) is 0 Å². The van der Waals surface area contributed by atoms with Crippen molar-refractivity contribution in [2.45, 2.75) is 20.0 Å². The summed E-state index contributed by atoms with van der Waals surface area (Å²) in [4.78, 5) is 10.7. The average Bonchev–Trinajstić information content (AvgIpc) is 1.82. The van der Waals surface area contributed by atoms with Crippen LogP contribution in [0.3, 0.4) is 0 Å². The molecule has 6 heteroatoms. The molecule has 0 aliphatic rings. The lowest BCUT2D eigenvalue weighted by Crippen LogP contribution is -2.43. The highest BCUT2D eigenvalue weighted by atomic mass is 19.4. The molecule has 3 N–H and O–H groups in total. The van der Waals surface area contributed by atoms with E-state index < -0.39 is 24.0 Å². The van der Waals surface area contributed by atoms with Crippen molar-refractivity contribution >= 4 is 5.91 Å². The van der Waals surface area contributed by atoms with Crippen molar-refractivity contribution in [3.8, 4) is 0 Å². The summed E-state index contributed by atoms with van der Waals surface area (Å²) < 4.78 is 35.0. The minimum absolute atomic E-state index is 0.0815. The number of alkyl halides is 3. The first-order valence-electron chi connectivity index (χ1n) is 3.72. The molecule has 0 bridgehead atoms. The molecule has 0 aromatic rings. The Balaban J connectivity index is 3.84. The van der Waals surface area contributed by atoms with Crippen LogP contribution in [0.5, 0.6) is 0 Å². The van der Waals surface area contributed by atoms with Gasteiger partial charge in [-0.25, -0.2) is 0 Å². The van der Waals surface area contributed by atoms with Crippen LogP contribution in [0.15, 0.2) is 0 Å². The molecule has 0 radical (unpaired) electrons. The second-order valence-corrected chi connectivity index (χ2v) is 3.47. The van der Waals surface area contributed by atoms with Crippen LogP contribution < -0.4 is 11.1 Å². The van der Waals surface area contributed by atoms with Crippen molar-refractivity contribution in [3.63, 3.8) is 0 Å². The monoisotopic (exact) mass is 198 g/mol. The van der Waals surface area contributed by atoms with Crippen LogP contribution in [-0.4, -0.2) is 25.2 Å². The van der Waals surface area contributed by atoms with Crippen LogP contribution in [0.4, 0.5) is 13.2 Å². The van der Waals surface area contributed by atoms with E-state index in [1.807, 2.05) is 0 Å². The van der Waals surface area contributed by atoms with Crippen LogP contribution >= 0.6 is 0 Å². The molecule has 0 fully saturated rings. The predicted octanol–water partition coefficient (Wildman–Crippen LogP) is 0.650. The number of rotatable bonds is 4. The largest absolute Gasteiger partial charge is 0.401 e. The standard InChI is InChI=1S/C7H13F3N2O/c1-6(2,5(11)13)3-12-4-7(8,9)10/h12H,3-4H2,1-2H3,(H2,11,13). The fraction of sp³-hybridized carbons (Fsp3) is 0.857. The van der Waals surface area contributed by atoms with Gasteiger partial charge in [-0.3, -0.25) is 4.79 Å². The second kappa shape index (κ2) is 3.95. The summed E-state index contributed by atoms with van der Waals surface area (Å²) >= 11 is 0. The zero-order chi connectivity index (χ0) is 10.7. The lowest BCUT2D eigenvalue weighted by atomic mass is 9.93. The van der Waals surface area contributed by atoms with E-state index in [0.29, 0.717) is 0 Å². The number of carbonyl (C=O) groups excluding carboxylic acids is 1.